The first-order chi connectivity index (χ1) is 12.5. The van der Waals surface area contributed by atoms with Crippen molar-refractivity contribution in [2.24, 2.45) is 0 Å². The zero-order valence-corrected chi connectivity index (χ0v) is 15.7. The van der Waals surface area contributed by atoms with E-state index in [9.17, 15) is 4.79 Å². The van der Waals surface area contributed by atoms with Gasteiger partial charge in [-0.05, 0) is 56.0 Å². The monoisotopic (exact) mass is 353 g/mol. The Kier molecular flexibility index (Phi) is 5.66. The van der Waals surface area contributed by atoms with Crippen molar-refractivity contribution < 1.29 is 9.53 Å². The van der Waals surface area contributed by atoms with Crippen LogP contribution in [0.3, 0.4) is 0 Å². The van der Waals surface area contributed by atoms with Gasteiger partial charge in [-0.15, -0.1) is 0 Å². The van der Waals surface area contributed by atoms with Crippen LogP contribution in [0.15, 0.2) is 42.5 Å². The summed E-state index contributed by atoms with van der Waals surface area (Å²) < 4.78 is 5.32. The predicted octanol–water partition coefficient (Wildman–Crippen LogP) is 4.10. The molecule has 2 aromatic rings. The molecule has 0 saturated carbocycles. The van der Waals surface area contributed by atoms with Crippen LogP contribution in [-0.2, 0) is 0 Å². The van der Waals surface area contributed by atoms with Gasteiger partial charge in [-0.25, -0.2) is 4.79 Å². The molecule has 138 valence electrons. The van der Waals surface area contributed by atoms with Gasteiger partial charge in [-0.2, -0.15) is 0 Å². The largest absolute Gasteiger partial charge is 0.497 e. The molecule has 2 amide bonds. The zero-order chi connectivity index (χ0) is 18.5. The van der Waals surface area contributed by atoms with Crippen molar-refractivity contribution in [1.29, 1.82) is 0 Å². The third kappa shape index (κ3) is 4.48. The number of nitrogens with zero attached hydrogens (tertiary/aromatic N) is 1. The molecule has 0 bridgehead atoms. The summed E-state index contributed by atoms with van der Waals surface area (Å²) in [4.78, 5) is 14.7. The Balaban J connectivity index is 1.61. The molecular formula is C21H27N3O2. The normalized spacial score (nSPS) is 16.9. The van der Waals surface area contributed by atoms with Gasteiger partial charge in [-0.3, -0.25) is 0 Å². The summed E-state index contributed by atoms with van der Waals surface area (Å²) >= 11 is 0. The van der Waals surface area contributed by atoms with Crippen molar-refractivity contribution in [1.82, 2.24) is 5.32 Å². The van der Waals surface area contributed by atoms with Crippen LogP contribution >= 0.6 is 0 Å². The summed E-state index contributed by atoms with van der Waals surface area (Å²) in [7, 11) is 1.68. The Morgan fingerprint density at radius 1 is 1.19 bits per heavy atom. The molecule has 3 rings (SSSR count). The van der Waals surface area contributed by atoms with Gasteiger partial charge in [0.15, 0.2) is 0 Å². The van der Waals surface area contributed by atoms with Crippen LogP contribution < -0.4 is 20.3 Å². The second-order valence-corrected chi connectivity index (χ2v) is 6.90. The maximum Gasteiger partial charge on any atom is 0.319 e. The Morgan fingerprint density at radius 3 is 2.85 bits per heavy atom. The lowest BCUT2D eigenvalue weighted by molar-refractivity contribution is 0.246. The quantitative estimate of drug-likeness (QED) is 0.870. The van der Waals surface area contributed by atoms with Crippen LogP contribution in [0.2, 0.25) is 0 Å². The lowest BCUT2D eigenvalue weighted by atomic mass is 10.0. The van der Waals surface area contributed by atoms with Gasteiger partial charge in [0.2, 0.25) is 0 Å². The Hall–Kier alpha value is -2.69. The summed E-state index contributed by atoms with van der Waals surface area (Å²) in [5.41, 5.74) is 4.19. The van der Waals surface area contributed by atoms with Crippen molar-refractivity contribution in [2.45, 2.75) is 32.7 Å². The van der Waals surface area contributed by atoms with E-state index in [1.807, 2.05) is 50.2 Å². The number of benzene rings is 2. The van der Waals surface area contributed by atoms with Gasteiger partial charge in [0.25, 0.3) is 0 Å². The first kappa shape index (κ1) is 18.1. The van der Waals surface area contributed by atoms with Crippen molar-refractivity contribution in [3.63, 3.8) is 0 Å². The van der Waals surface area contributed by atoms with E-state index in [4.69, 9.17) is 4.74 Å². The number of ether oxygens (including phenoxy) is 1. The molecule has 1 aliphatic rings. The fourth-order valence-electron chi connectivity index (χ4n) is 3.35. The van der Waals surface area contributed by atoms with Gasteiger partial charge in [-0.1, -0.05) is 18.2 Å². The number of anilines is 2. The molecule has 2 N–H and O–H groups in total. The van der Waals surface area contributed by atoms with Crippen LogP contribution in [0.1, 0.15) is 24.0 Å². The molecule has 0 aliphatic carbocycles. The van der Waals surface area contributed by atoms with Crippen molar-refractivity contribution >= 4 is 17.4 Å². The number of piperidine rings is 1. The van der Waals surface area contributed by atoms with E-state index in [1.54, 1.807) is 7.11 Å². The lowest BCUT2D eigenvalue weighted by Gasteiger charge is -2.35. The SMILES string of the molecule is COc1cccc(N2CCCC(NC(=O)Nc3cc(C)ccc3C)C2)c1. The highest BCUT2D eigenvalue weighted by atomic mass is 16.5. The number of nitrogens with one attached hydrogen (secondary N) is 2. The predicted molar refractivity (Wildman–Crippen MR) is 106 cm³/mol. The van der Waals surface area contributed by atoms with E-state index in [0.717, 1.165) is 54.2 Å². The number of methoxy groups -OCH3 is 1. The van der Waals surface area contributed by atoms with Crippen molar-refractivity contribution in [3.8, 4) is 5.75 Å². The standard InChI is InChI=1S/C21H27N3O2/c1-15-9-10-16(2)20(12-15)23-21(25)22-17-6-5-11-24(14-17)18-7-4-8-19(13-18)26-3/h4,7-10,12-13,17H,5-6,11,14H2,1-3H3,(H2,22,23,25). The second kappa shape index (κ2) is 8.13. The van der Waals surface area contributed by atoms with Crippen LogP contribution in [-0.4, -0.2) is 32.3 Å². The molecule has 1 atom stereocenters. The number of carbonyl (C=O) groups excluding carboxylic acids is 1. The molecule has 1 heterocycles. The average Bonchev–Trinajstić information content (AvgIpc) is 2.65. The maximum atomic E-state index is 12.4. The fourth-order valence-corrected chi connectivity index (χ4v) is 3.35. The van der Waals surface area contributed by atoms with Gasteiger partial charge < -0.3 is 20.3 Å². The molecule has 1 unspecified atom stereocenters. The summed E-state index contributed by atoms with van der Waals surface area (Å²) in [5.74, 6) is 0.852. The number of aryl methyl sites for hydroxylation is 2. The van der Waals surface area contributed by atoms with Crippen LogP contribution in [0.4, 0.5) is 16.2 Å². The molecule has 0 radical (unpaired) electrons. The minimum absolute atomic E-state index is 0.125. The molecule has 1 fully saturated rings. The molecular weight excluding hydrogens is 326 g/mol. The van der Waals surface area contributed by atoms with Crippen LogP contribution in [0.25, 0.3) is 0 Å². The summed E-state index contributed by atoms with van der Waals surface area (Å²) in [6, 6.07) is 14.1. The summed E-state index contributed by atoms with van der Waals surface area (Å²) in [6.45, 7) is 5.81. The van der Waals surface area contributed by atoms with Crippen molar-refractivity contribution in [3.05, 3.63) is 53.6 Å². The van der Waals surface area contributed by atoms with E-state index in [2.05, 4.69) is 21.6 Å². The molecule has 5 heteroatoms. The van der Waals surface area contributed by atoms with Gasteiger partial charge in [0.1, 0.15) is 5.75 Å². The molecule has 0 spiro atoms. The molecule has 2 aromatic carbocycles. The van der Waals surface area contributed by atoms with E-state index < -0.39 is 0 Å². The number of hydrogen-bond donors (Lipinski definition) is 2. The van der Waals surface area contributed by atoms with Crippen molar-refractivity contribution in [2.75, 3.05) is 30.4 Å². The van der Waals surface area contributed by atoms with Gasteiger partial charge >= 0.3 is 6.03 Å². The molecule has 0 aromatic heterocycles. The highest BCUT2D eigenvalue weighted by molar-refractivity contribution is 5.90. The van der Waals surface area contributed by atoms with E-state index in [-0.39, 0.29) is 12.1 Å². The summed E-state index contributed by atoms with van der Waals surface area (Å²) in [6.07, 6.45) is 2.03. The topological polar surface area (TPSA) is 53.6 Å². The van der Waals surface area contributed by atoms with E-state index in [1.165, 1.54) is 0 Å². The fraction of sp³-hybridized carbons (Fsp3) is 0.381. The molecule has 1 aliphatic heterocycles. The minimum atomic E-state index is -0.142. The first-order valence-corrected chi connectivity index (χ1v) is 9.09. The second-order valence-electron chi connectivity index (χ2n) is 6.90. The highest BCUT2D eigenvalue weighted by Gasteiger charge is 2.22. The molecule has 5 nitrogen and oxygen atoms in total. The van der Waals surface area contributed by atoms with Gasteiger partial charge in [0, 0.05) is 36.6 Å². The third-order valence-corrected chi connectivity index (χ3v) is 4.82. The minimum Gasteiger partial charge on any atom is -0.497 e. The molecule has 1 saturated heterocycles. The van der Waals surface area contributed by atoms with Crippen LogP contribution in [0, 0.1) is 13.8 Å². The maximum absolute atomic E-state index is 12.4. The Bertz CT molecular complexity index is 776. The van der Waals surface area contributed by atoms with Gasteiger partial charge in [0.05, 0.1) is 7.11 Å². The first-order valence-electron chi connectivity index (χ1n) is 9.09. The van der Waals surface area contributed by atoms with Crippen LogP contribution in [0.5, 0.6) is 5.75 Å². The third-order valence-electron chi connectivity index (χ3n) is 4.82. The van der Waals surface area contributed by atoms with E-state index in [0.29, 0.717) is 0 Å². The molecule has 26 heavy (non-hydrogen) atoms. The van der Waals surface area contributed by atoms with E-state index >= 15 is 0 Å². The zero-order valence-electron chi connectivity index (χ0n) is 15.7. The lowest BCUT2D eigenvalue weighted by Crippen LogP contribution is -2.49. The summed E-state index contributed by atoms with van der Waals surface area (Å²) in [5, 5.41) is 6.10. The number of carbonyl (C=O) groups is 1. The number of hydrogen-bond acceptors (Lipinski definition) is 3. The Morgan fingerprint density at radius 2 is 2.04 bits per heavy atom. The average molecular weight is 353 g/mol. The number of urea groups is 1. The number of rotatable bonds is 4. The number of amides is 2. The smallest absolute Gasteiger partial charge is 0.319 e. The highest BCUT2D eigenvalue weighted by Crippen LogP contribution is 2.24. The Labute approximate surface area is 155 Å².